The number of epoxide rings is 1. The molecular formula is C10H11N3O4S. The highest BCUT2D eigenvalue weighted by Gasteiger charge is 2.40. The number of sulfonamides is 1. The van der Waals surface area contributed by atoms with E-state index in [0.29, 0.717) is 6.61 Å². The van der Waals surface area contributed by atoms with Crippen LogP contribution < -0.4 is 4.74 Å². The van der Waals surface area contributed by atoms with Gasteiger partial charge in [-0.25, -0.2) is 8.42 Å². The maximum atomic E-state index is 11.7. The van der Waals surface area contributed by atoms with E-state index in [1.54, 1.807) is 6.07 Å². The van der Waals surface area contributed by atoms with Crippen molar-refractivity contribution in [3.05, 3.63) is 34.7 Å². The Labute approximate surface area is 104 Å². The van der Waals surface area contributed by atoms with Crippen LogP contribution >= 0.6 is 0 Å². The van der Waals surface area contributed by atoms with Crippen LogP contribution in [0.1, 0.15) is 6.92 Å². The Hall–Kier alpha value is -1.76. The minimum Gasteiger partial charge on any atom is -0.489 e. The molecular weight excluding hydrogens is 258 g/mol. The van der Waals surface area contributed by atoms with Crippen molar-refractivity contribution in [2.24, 2.45) is 4.52 Å². The van der Waals surface area contributed by atoms with E-state index < -0.39 is 10.0 Å². The van der Waals surface area contributed by atoms with Crippen molar-refractivity contribution in [1.82, 2.24) is 0 Å². The zero-order valence-electron chi connectivity index (χ0n) is 9.61. The lowest BCUT2D eigenvalue weighted by Gasteiger charge is -2.11. The monoisotopic (exact) mass is 269 g/mol. The lowest BCUT2D eigenvalue weighted by atomic mass is 10.2. The van der Waals surface area contributed by atoms with Crippen LogP contribution in [0.3, 0.4) is 0 Å². The summed E-state index contributed by atoms with van der Waals surface area (Å²) in [5.41, 5.74) is 7.89. The number of nitrogens with zero attached hydrogens (tertiary/aromatic N) is 3. The summed E-state index contributed by atoms with van der Waals surface area (Å²) in [6.07, 6.45) is 0. The zero-order valence-corrected chi connectivity index (χ0v) is 10.4. The molecule has 1 heterocycles. The highest BCUT2D eigenvalue weighted by molar-refractivity contribution is 7.90. The van der Waals surface area contributed by atoms with Gasteiger partial charge in [-0.1, -0.05) is 12.1 Å². The molecule has 1 atom stereocenters. The highest BCUT2D eigenvalue weighted by Crippen LogP contribution is 2.30. The summed E-state index contributed by atoms with van der Waals surface area (Å²) in [5, 5.41) is 0. The fraction of sp³-hybridized carbons (Fsp3) is 0.400. The Kier molecular flexibility index (Phi) is 3.16. The number of benzene rings is 1. The van der Waals surface area contributed by atoms with Crippen LogP contribution in [0, 0.1) is 0 Å². The summed E-state index contributed by atoms with van der Waals surface area (Å²) in [4.78, 5) is 2.16. The minimum atomic E-state index is -4.05. The maximum Gasteiger partial charge on any atom is 0.267 e. The van der Waals surface area contributed by atoms with E-state index in [2.05, 4.69) is 9.43 Å². The lowest BCUT2D eigenvalue weighted by Crippen LogP contribution is -2.17. The van der Waals surface area contributed by atoms with Crippen molar-refractivity contribution in [2.45, 2.75) is 17.4 Å². The molecule has 1 aliphatic heterocycles. The lowest BCUT2D eigenvalue weighted by molar-refractivity contribution is 0.199. The van der Waals surface area contributed by atoms with Gasteiger partial charge in [-0.05, 0) is 24.6 Å². The van der Waals surface area contributed by atoms with E-state index in [0.717, 1.165) is 0 Å². The second-order valence-electron chi connectivity index (χ2n) is 4.12. The third kappa shape index (κ3) is 2.73. The SMILES string of the molecule is CC1(COc2ccccc2S(=O)(=O)N=[N+]=[N-])CO1. The summed E-state index contributed by atoms with van der Waals surface area (Å²) in [6.45, 7) is 2.69. The number of rotatable bonds is 5. The summed E-state index contributed by atoms with van der Waals surface area (Å²) in [6, 6.07) is 6.00. The van der Waals surface area contributed by atoms with Crippen molar-refractivity contribution in [1.29, 1.82) is 0 Å². The molecule has 96 valence electrons. The molecule has 1 aromatic carbocycles. The molecule has 7 nitrogen and oxygen atoms in total. The predicted octanol–water partition coefficient (Wildman–Crippen LogP) is 1.85. The standard InChI is InChI=1S/C10H11N3O4S/c1-10(7-17-10)6-16-8-4-2-3-5-9(8)18(14,15)13-12-11/h2-5H,6-7H2,1H3. The maximum absolute atomic E-state index is 11.7. The van der Waals surface area contributed by atoms with Gasteiger partial charge in [0.1, 0.15) is 22.9 Å². The predicted molar refractivity (Wildman–Crippen MR) is 62.6 cm³/mol. The Balaban J connectivity index is 2.28. The molecule has 1 aliphatic rings. The van der Waals surface area contributed by atoms with Crippen LogP contribution in [0.15, 0.2) is 33.7 Å². The first-order valence-electron chi connectivity index (χ1n) is 5.14. The summed E-state index contributed by atoms with van der Waals surface area (Å²) in [5.74, 6) is 0.154. The minimum absolute atomic E-state index is 0.146. The van der Waals surface area contributed by atoms with E-state index in [4.69, 9.17) is 15.0 Å². The number of hydrogen-bond donors (Lipinski definition) is 0. The van der Waals surface area contributed by atoms with Gasteiger partial charge in [-0.15, -0.1) is 0 Å². The Morgan fingerprint density at radius 3 is 2.83 bits per heavy atom. The third-order valence-electron chi connectivity index (χ3n) is 2.44. The molecule has 0 N–H and O–H groups in total. The molecule has 0 aromatic heterocycles. The molecule has 0 amide bonds. The summed E-state index contributed by atoms with van der Waals surface area (Å²) >= 11 is 0. The van der Waals surface area contributed by atoms with Crippen molar-refractivity contribution in [3.63, 3.8) is 0 Å². The fourth-order valence-corrected chi connectivity index (χ4v) is 2.13. The number of azide groups is 1. The number of para-hydroxylation sites is 1. The summed E-state index contributed by atoms with van der Waals surface area (Å²) in [7, 11) is -4.05. The topological polar surface area (TPSA) is 105 Å². The highest BCUT2D eigenvalue weighted by atomic mass is 32.2. The Morgan fingerprint density at radius 1 is 1.56 bits per heavy atom. The van der Waals surface area contributed by atoms with Gasteiger partial charge in [0, 0.05) is 9.43 Å². The van der Waals surface area contributed by atoms with Gasteiger partial charge in [-0.2, -0.15) is 0 Å². The van der Waals surface area contributed by atoms with E-state index in [-0.39, 0.29) is 22.9 Å². The van der Waals surface area contributed by atoms with Crippen molar-refractivity contribution >= 4 is 10.0 Å². The third-order valence-corrected chi connectivity index (χ3v) is 3.62. The molecule has 0 radical (unpaired) electrons. The smallest absolute Gasteiger partial charge is 0.267 e. The quantitative estimate of drug-likeness (QED) is 0.352. The molecule has 2 rings (SSSR count). The first-order valence-corrected chi connectivity index (χ1v) is 6.58. The normalized spacial score (nSPS) is 22.1. The first kappa shape index (κ1) is 12.7. The fourth-order valence-electron chi connectivity index (χ4n) is 1.31. The molecule has 1 saturated heterocycles. The van der Waals surface area contributed by atoms with Crippen LogP contribution in [0.5, 0.6) is 5.75 Å². The molecule has 0 bridgehead atoms. The first-order chi connectivity index (χ1) is 8.47. The molecule has 1 aromatic rings. The van der Waals surface area contributed by atoms with Gasteiger partial charge in [0.2, 0.25) is 0 Å². The number of ether oxygens (including phenoxy) is 2. The Morgan fingerprint density at radius 2 is 2.22 bits per heavy atom. The van der Waals surface area contributed by atoms with Crippen molar-refractivity contribution < 1.29 is 17.9 Å². The van der Waals surface area contributed by atoms with E-state index >= 15 is 0 Å². The van der Waals surface area contributed by atoms with Crippen LogP contribution in [0.25, 0.3) is 10.4 Å². The van der Waals surface area contributed by atoms with Crippen molar-refractivity contribution in [3.8, 4) is 5.75 Å². The van der Waals surface area contributed by atoms with Gasteiger partial charge < -0.3 is 9.47 Å². The molecule has 0 aliphatic carbocycles. The zero-order chi connectivity index (χ0) is 13.2. The van der Waals surface area contributed by atoms with Gasteiger partial charge >= 0.3 is 0 Å². The van der Waals surface area contributed by atoms with Gasteiger partial charge in [-0.3, -0.25) is 0 Å². The van der Waals surface area contributed by atoms with E-state index in [9.17, 15) is 8.42 Å². The molecule has 18 heavy (non-hydrogen) atoms. The van der Waals surface area contributed by atoms with Gasteiger partial charge in [0.05, 0.1) is 6.61 Å². The van der Waals surface area contributed by atoms with Gasteiger partial charge in [0.25, 0.3) is 10.0 Å². The average molecular weight is 269 g/mol. The van der Waals surface area contributed by atoms with E-state index in [1.807, 2.05) is 6.92 Å². The van der Waals surface area contributed by atoms with Crippen LogP contribution in [-0.2, 0) is 14.8 Å². The summed E-state index contributed by atoms with van der Waals surface area (Å²) < 4.78 is 36.7. The van der Waals surface area contributed by atoms with Gasteiger partial charge in [0.15, 0.2) is 0 Å². The number of hydrogen-bond acceptors (Lipinski definition) is 4. The Bertz CT molecular complexity index is 603. The molecule has 8 heteroatoms. The van der Waals surface area contributed by atoms with E-state index in [1.165, 1.54) is 18.2 Å². The molecule has 0 saturated carbocycles. The second kappa shape index (κ2) is 4.49. The molecule has 1 unspecified atom stereocenters. The average Bonchev–Trinajstić information content (AvgIpc) is 3.06. The van der Waals surface area contributed by atoms with Crippen LogP contribution in [0.4, 0.5) is 0 Å². The molecule has 0 spiro atoms. The van der Waals surface area contributed by atoms with Crippen molar-refractivity contribution in [2.75, 3.05) is 13.2 Å². The second-order valence-corrected chi connectivity index (χ2v) is 5.67. The van der Waals surface area contributed by atoms with Crippen LogP contribution in [-0.4, -0.2) is 27.2 Å². The molecule has 1 fully saturated rings. The van der Waals surface area contributed by atoms with Crippen LogP contribution in [0.2, 0.25) is 0 Å². The largest absolute Gasteiger partial charge is 0.489 e.